The fourth-order valence-corrected chi connectivity index (χ4v) is 3.85. The summed E-state index contributed by atoms with van der Waals surface area (Å²) in [6, 6.07) is 5.03. The van der Waals surface area contributed by atoms with E-state index in [1.807, 2.05) is 0 Å². The van der Waals surface area contributed by atoms with Crippen LogP contribution in [0.25, 0.3) is 0 Å². The van der Waals surface area contributed by atoms with Crippen LogP contribution in [-0.4, -0.2) is 30.7 Å². The van der Waals surface area contributed by atoms with E-state index in [0.717, 1.165) is 18.4 Å². The topological polar surface area (TPSA) is 80.5 Å². The van der Waals surface area contributed by atoms with Crippen LogP contribution in [0.5, 0.6) is 0 Å². The third-order valence-electron chi connectivity index (χ3n) is 3.91. The fraction of sp³-hybridized carbons (Fsp3) is 0.467. The Bertz CT molecular complexity index is 680. The molecule has 1 aliphatic heterocycles. The van der Waals surface area contributed by atoms with Crippen molar-refractivity contribution in [1.82, 2.24) is 4.31 Å². The lowest BCUT2D eigenvalue weighted by molar-refractivity contribution is -0.384. The first-order valence-corrected chi connectivity index (χ1v) is 8.72. The van der Waals surface area contributed by atoms with E-state index < -0.39 is 14.9 Å². The maximum absolute atomic E-state index is 12.5. The molecule has 1 unspecified atom stereocenters. The van der Waals surface area contributed by atoms with E-state index >= 15 is 0 Å². The molecule has 1 fully saturated rings. The molecule has 1 heterocycles. The van der Waals surface area contributed by atoms with Gasteiger partial charge in [0.05, 0.1) is 9.82 Å². The van der Waals surface area contributed by atoms with Gasteiger partial charge in [0, 0.05) is 25.2 Å². The molecule has 120 valence electrons. The van der Waals surface area contributed by atoms with Crippen LogP contribution < -0.4 is 0 Å². The van der Waals surface area contributed by atoms with Crippen molar-refractivity contribution in [1.29, 1.82) is 0 Å². The van der Waals surface area contributed by atoms with E-state index in [2.05, 4.69) is 19.9 Å². The molecule has 1 atom stereocenters. The lowest BCUT2D eigenvalue weighted by Gasteiger charge is -2.15. The van der Waals surface area contributed by atoms with Crippen molar-refractivity contribution in [3.63, 3.8) is 0 Å². The Labute approximate surface area is 130 Å². The van der Waals surface area contributed by atoms with Crippen molar-refractivity contribution in [3.05, 3.63) is 46.0 Å². The van der Waals surface area contributed by atoms with Gasteiger partial charge in [0.25, 0.3) is 5.69 Å². The van der Waals surface area contributed by atoms with Gasteiger partial charge < -0.3 is 0 Å². The number of nitro benzene ring substituents is 1. The van der Waals surface area contributed by atoms with Crippen molar-refractivity contribution in [2.24, 2.45) is 5.92 Å². The fourth-order valence-electron chi connectivity index (χ4n) is 2.40. The van der Waals surface area contributed by atoms with Crippen molar-refractivity contribution in [3.8, 4) is 0 Å². The minimum absolute atomic E-state index is 0.0999. The zero-order valence-electron chi connectivity index (χ0n) is 12.7. The number of rotatable bonds is 5. The van der Waals surface area contributed by atoms with Gasteiger partial charge in [-0.25, -0.2) is 8.42 Å². The largest absolute Gasteiger partial charge is 0.269 e. The summed E-state index contributed by atoms with van der Waals surface area (Å²) in [6.45, 7) is 5.08. The number of nitro groups is 1. The predicted molar refractivity (Wildman–Crippen MR) is 84.0 cm³/mol. The number of allylic oxidation sites excluding steroid dienone is 1. The molecule has 1 aromatic carbocycles. The lowest BCUT2D eigenvalue weighted by Crippen LogP contribution is -2.28. The van der Waals surface area contributed by atoms with E-state index in [1.54, 1.807) is 0 Å². The highest BCUT2D eigenvalue weighted by Gasteiger charge is 2.29. The van der Waals surface area contributed by atoms with Gasteiger partial charge in [0.15, 0.2) is 0 Å². The second-order valence-electron chi connectivity index (χ2n) is 5.55. The van der Waals surface area contributed by atoms with E-state index in [1.165, 1.54) is 28.6 Å². The molecule has 0 radical (unpaired) electrons. The molecule has 1 aliphatic rings. The summed E-state index contributed by atoms with van der Waals surface area (Å²) in [4.78, 5) is 10.2. The van der Waals surface area contributed by atoms with Crippen LogP contribution in [0.2, 0.25) is 0 Å². The zero-order valence-corrected chi connectivity index (χ0v) is 13.5. The van der Waals surface area contributed by atoms with E-state index in [9.17, 15) is 18.5 Å². The van der Waals surface area contributed by atoms with Crippen molar-refractivity contribution < 1.29 is 13.3 Å². The zero-order chi connectivity index (χ0) is 16.3. The summed E-state index contributed by atoms with van der Waals surface area (Å²) in [5.74, 6) is 0.442. The second-order valence-corrected chi connectivity index (χ2v) is 7.49. The van der Waals surface area contributed by atoms with Crippen LogP contribution in [0, 0.1) is 16.0 Å². The third-order valence-corrected chi connectivity index (χ3v) is 5.77. The van der Waals surface area contributed by atoms with E-state index in [0.29, 0.717) is 19.0 Å². The first kappa shape index (κ1) is 16.6. The van der Waals surface area contributed by atoms with Crippen LogP contribution in [0.1, 0.15) is 26.7 Å². The Kier molecular flexibility index (Phi) is 4.97. The van der Waals surface area contributed by atoms with Gasteiger partial charge in [-0.3, -0.25) is 10.1 Å². The summed E-state index contributed by atoms with van der Waals surface area (Å²) in [5.41, 5.74) is 1.03. The Morgan fingerprint density at radius 1 is 1.36 bits per heavy atom. The highest BCUT2D eigenvalue weighted by molar-refractivity contribution is 7.89. The molecular formula is C15H20N2O4S. The molecule has 0 aliphatic carbocycles. The molecule has 6 nitrogen and oxygen atoms in total. The predicted octanol–water partition coefficient (Wildman–Crippen LogP) is 2.96. The van der Waals surface area contributed by atoms with Gasteiger partial charge in [-0.05, 0) is 24.5 Å². The van der Waals surface area contributed by atoms with Crippen molar-refractivity contribution in [2.45, 2.75) is 31.6 Å². The van der Waals surface area contributed by atoms with E-state index in [4.69, 9.17) is 0 Å². The highest BCUT2D eigenvalue weighted by atomic mass is 32.2. The molecule has 7 heteroatoms. The maximum atomic E-state index is 12.5. The molecule has 0 amide bonds. The number of non-ortho nitro benzene ring substituents is 1. The molecule has 1 saturated heterocycles. The SMILES string of the molecule is CCC(C)C=C1CCN(S(=O)(=O)c2ccc([N+](=O)[O-])cc2)C1. The van der Waals surface area contributed by atoms with Crippen molar-refractivity contribution in [2.75, 3.05) is 13.1 Å². The number of hydrogen-bond donors (Lipinski definition) is 0. The Balaban J connectivity index is 2.18. The van der Waals surface area contributed by atoms with Gasteiger partial charge >= 0.3 is 0 Å². The molecular weight excluding hydrogens is 304 g/mol. The van der Waals surface area contributed by atoms with Crippen LogP contribution >= 0.6 is 0 Å². The average Bonchev–Trinajstić information content (AvgIpc) is 2.96. The Morgan fingerprint density at radius 2 is 2.00 bits per heavy atom. The molecule has 1 aromatic rings. The quantitative estimate of drug-likeness (QED) is 0.474. The number of hydrogen-bond acceptors (Lipinski definition) is 4. The molecule has 0 aromatic heterocycles. The second kappa shape index (κ2) is 6.58. The van der Waals surface area contributed by atoms with Crippen LogP contribution in [-0.2, 0) is 10.0 Å². The summed E-state index contributed by atoms with van der Waals surface area (Å²) in [7, 11) is -3.59. The minimum Gasteiger partial charge on any atom is -0.258 e. The molecule has 0 spiro atoms. The van der Waals surface area contributed by atoms with Crippen molar-refractivity contribution >= 4 is 15.7 Å². The normalized spacial score (nSPS) is 19.5. The molecule has 2 rings (SSSR count). The van der Waals surface area contributed by atoms with Gasteiger partial charge in [0.1, 0.15) is 0 Å². The molecule has 0 saturated carbocycles. The summed E-state index contributed by atoms with van der Waals surface area (Å²) < 4.78 is 26.5. The minimum atomic E-state index is -3.59. The number of benzene rings is 1. The highest BCUT2D eigenvalue weighted by Crippen LogP contribution is 2.26. The standard InChI is InChI=1S/C15H20N2O4S/c1-3-12(2)10-13-8-9-16(11-13)22(20,21)15-6-4-14(5-7-15)17(18)19/h4-7,10,12H,3,8-9,11H2,1-2H3. The first-order chi connectivity index (χ1) is 10.3. The lowest BCUT2D eigenvalue weighted by atomic mass is 10.0. The van der Waals surface area contributed by atoms with Gasteiger partial charge in [-0.1, -0.05) is 31.9 Å². The van der Waals surface area contributed by atoms with E-state index in [-0.39, 0.29) is 10.6 Å². The summed E-state index contributed by atoms with van der Waals surface area (Å²) >= 11 is 0. The maximum Gasteiger partial charge on any atom is 0.269 e. The van der Waals surface area contributed by atoms with Crippen LogP contribution in [0.15, 0.2) is 40.8 Å². The number of sulfonamides is 1. The van der Waals surface area contributed by atoms with Gasteiger partial charge in [-0.15, -0.1) is 0 Å². The number of nitrogens with zero attached hydrogens (tertiary/aromatic N) is 2. The average molecular weight is 324 g/mol. The molecule has 0 bridgehead atoms. The summed E-state index contributed by atoms with van der Waals surface area (Å²) in [6.07, 6.45) is 3.92. The molecule has 0 N–H and O–H groups in total. The summed E-state index contributed by atoms with van der Waals surface area (Å²) in [5, 5.41) is 10.6. The monoisotopic (exact) mass is 324 g/mol. The van der Waals surface area contributed by atoms with Crippen LogP contribution in [0.3, 0.4) is 0 Å². The van der Waals surface area contributed by atoms with Crippen LogP contribution in [0.4, 0.5) is 5.69 Å². The Morgan fingerprint density at radius 3 is 2.55 bits per heavy atom. The van der Waals surface area contributed by atoms with Gasteiger partial charge in [-0.2, -0.15) is 4.31 Å². The van der Waals surface area contributed by atoms with Gasteiger partial charge in [0.2, 0.25) is 10.0 Å². The smallest absolute Gasteiger partial charge is 0.258 e. The third kappa shape index (κ3) is 3.53. The first-order valence-electron chi connectivity index (χ1n) is 7.28. The Hall–Kier alpha value is -1.73. The molecule has 22 heavy (non-hydrogen) atoms.